The van der Waals surface area contributed by atoms with E-state index in [1.807, 2.05) is 12.1 Å². The Hall–Kier alpha value is -0.540. The maximum atomic E-state index is 12.5. The first-order valence-corrected chi connectivity index (χ1v) is 9.06. The van der Waals surface area contributed by atoms with Gasteiger partial charge < -0.3 is 5.32 Å². The van der Waals surface area contributed by atoms with Gasteiger partial charge in [-0.05, 0) is 65.2 Å². The van der Waals surface area contributed by atoms with E-state index < -0.39 is 0 Å². The predicted octanol–water partition coefficient (Wildman–Crippen LogP) is 5.65. The van der Waals surface area contributed by atoms with Crippen LogP contribution < -0.4 is 5.32 Å². The number of amides is 1. The molecule has 0 spiro atoms. The van der Waals surface area contributed by atoms with Crippen LogP contribution in [0.1, 0.15) is 44.9 Å². The number of halogens is 2. The Balaban J connectivity index is 1.64. The Bertz CT molecular complexity index is 534. The lowest BCUT2D eigenvalue weighted by molar-refractivity contribution is -0.122. The van der Waals surface area contributed by atoms with E-state index in [-0.39, 0.29) is 11.8 Å². The summed E-state index contributed by atoms with van der Waals surface area (Å²) >= 11 is 9.47. The van der Waals surface area contributed by atoms with Gasteiger partial charge in [-0.3, -0.25) is 4.79 Å². The van der Waals surface area contributed by atoms with Crippen molar-refractivity contribution in [2.45, 2.75) is 44.9 Å². The van der Waals surface area contributed by atoms with Crippen LogP contribution in [0.25, 0.3) is 0 Å². The fourth-order valence-corrected chi connectivity index (χ4v) is 4.46. The van der Waals surface area contributed by atoms with Crippen molar-refractivity contribution in [1.82, 2.24) is 0 Å². The van der Waals surface area contributed by atoms with E-state index in [1.54, 1.807) is 6.07 Å². The molecule has 0 radical (unpaired) electrons. The number of fused-ring (bicyclic) bond motifs is 1. The van der Waals surface area contributed by atoms with Crippen molar-refractivity contribution in [3.8, 4) is 0 Å². The molecule has 0 bridgehead atoms. The summed E-state index contributed by atoms with van der Waals surface area (Å²) < 4.78 is 0.881. The van der Waals surface area contributed by atoms with E-state index in [9.17, 15) is 4.79 Å². The number of nitrogens with one attached hydrogen (secondary N) is 1. The minimum absolute atomic E-state index is 0.155. The van der Waals surface area contributed by atoms with Crippen molar-refractivity contribution < 1.29 is 4.79 Å². The number of rotatable bonds is 2. The predicted molar refractivity (Wildman–Crippen MR) is 90.6 cm³/mol. The van der Waals surface area contributed by atoms with Gasteiger partial charge in [0.1, 0.15) is 0 Å². The van der Waals surface area contributed by atoms with Crippen LogP contribution in [0.5, 0.6) is 0 Å². The Morgan fingerprint density at radius 2 is 1.90 bits per heavy atom. The number of hydrogen-bond acceptors (Lipinski definition) is 1. The van der Waals surface area contributed by atoms with Gasteiger partial charge in [0.05, 0.1) is 5.69 Å². The van der Waals surface area contributed by atoms with Crippen LogP contribution in [0, 0.1) is 17.8 Å². The van der Waals surface area contributed by atoms with Gasteiger partial charge in [-0.25, -0.2) is 0 Å². The Morgan fingerprint density at radius 3 is 2.71 bits per heavy atom. The molecule has 0 aromatic heterocycles. The zero-order chi connectivity index (χ0) is 14.8. The highest BCUT2D eigenvalue weighted by molar-refractivity contribution is 9.10. The molecular weight excluding hydrogens is 350 g/mol. The zero-order valence-electron chi connectivity index (χ0n) is 12.1. The molecule has 0 heterocycles. The molecule has 0 aliphatic heterocycles. The molecule has 21 heavy (non-hydrogen) atoms. The number of benzene rings is 1. The van der Waals surface area contributed by atoms with Crippen LogP contribution in [-0.2, 0) is 4.79 Å². The average molecular weight is 371 g/mol. The standard InChI is InChI=1S/C17H21BrClNO/c18-15-8-7-14(19)10-16(15)20-17(21)13-6-5-11-3-1-2-4-12(11)9-13/h7-8,10-13H,1-6,9H2,(H,20,21). The zero-order valence-corrected chi connectivity index (χ0v) is 14.4. The average Bonchev–Trinajstić information content (AvgIpc) is 2.50. The lowest BCUT2D eigenvalue weighted by atomic mass is 9.67. The largest absolute Gasteiger partial charge is 0.325 e. The fourth-order valence-electron chi connectivity index (χ4n) is 3.94. The van der Waals surface area contributed by atoms with Crippen molar-refractivity contribution in [2.75, 3.05) is 5.32 Å². The molecule has 4 heteroatoms. The molecule has 2 aliphatic rings. The number of hydrogen-bond donors (Lipinski definition) is 1. The lowest BCUT2D eigenvalue weighted by Crippen LogP contribution is -2.33. The van der Waals surface area contributed by atoms with E-state index in [0.29, 0.717) is 5.02 Å². The highest BCUT2D eigenvalue weighted by Gasteiger charge is 2.35. The van der Waals surface area contributed by atoms with Gasteiger partial charge in [0.25, 0.3) is 0 Å². The van der Waals surface area contributed by atoms with Crippen LogP contribution >= 0.6 is 27.5 Å². The van der Waals surface area contributed by atoms with Crippen LogP contribution in [0.15, 0.2) is 22.7 Å². The molecule has 1 aromatic carbocycles. The Kier molecular flexibility index (Phi) is 4.90. The van der Waals surface area contributed by atoms with Crippen molar-refractivity contribution in [3.05, 3.63) is 27.7 Å². The minimum Gasteiger partial charge on any atom is -0.325 e. The molecule has 0 saturated heterocycles. The first-order valence-electron chi connectivity index (χ1n) is 7.89. The van der Waals surface area contributed by atoms with Gasteiger partial charge in [0.2, 0.25) is 5.91 Å². The number of carbonyl (C=O) groups excluding carboxylic acids is 1. The van der Waals surface area contributed by atoms with Gasteiger partial charge in [-0.1, -0.05) is 37.3 Å². The summed E-state index contributed by atoms with van der Waals surface area (Å²) in [5, 5.41) is 3.69. The summed E-state index contributed by atoms with van der Waals surface area (Å²) in [5.74, 6) is 1.96. The van der Waals surface area contributed by atoms with E-state index >= 15 is 0 Å². The molecule has 2 nitrogen and oxygen atoms in total. The van der Waals surface area contributed by atoms with E-state index in [0.717, 1.165) is 34.8 Å². The SMILES string of the molecule is O=C(Nc1cc(Cl)ccc1Br)C1CCC2CCCCC2C1. The minimum atomic E-state index is 0.155. The smallest absolute Gasteiger partial charge is 0.227 e. The molecule has 1 N–H and O–H groups in total. The second-order valence-electron chi connectivity index (χ2n) is 6.43. The van der Waals surface area contributed by atoms with Gasteiger partial charge in [-0.15, -0.1) is 0 Å². The summed E-state index contributed by atoms with van der Waals surface area (Å²) in [5.41, 5.74) is 0.776. The first kappa shape index (κ1) is 15.4. The Labute approximate surface area is 139 Å². The van der Waals surface area contributed by atoms with E-state index in [4.69, 9.17) is 11.6 Å². The summed E-state index contributed by atoms with van der Waals surface area (Å²) in [6.07, 6.45) is 8.73. The maximum absolute atomic E-state index is 12.5. The quantitative estimate of drug-likeness (QED) is 0.716. The molecule has 1 amide bonds. The van der Waals surface area contributed by atoms with Crippen LogP contribution in [0.4, 0.5) is 5.69 Å². The van der Waals surface area contributed by atoms with Gasteiger partial charge in [0.15, 0.2) is 0 Å². The Morgan fingerprint density at radius 1 is 1.14 bits per heavy atom. The van der Waals surface area contributed by atoms with Crippen molar-refractivity contribution in [2.24, 2.45) is 17.8 Å². The monoisotopic (exact) mass is 369 g/mol. The summed E-state index contributed by atoms with van der Waals surface area (Å²) in [6, 6.07) is 5.49. The molecule has 3 unspecified atom stereocenters. The van der Waals surface area contributed by atoms with Gasteiger partial charge in [-0.2, -0.15) is 0 Å². The highest BCUT2D eigenvalue weighted by atomic mass is 79.9. The second-order valence-corrected chi connectivity index (χ2v) is 7.72. The molecule has 2 aliphatic carbocycles. The number of anilines is 1. The third kappa shape index (κ3) is 3.62. The fraction of sp³-hybridized carbons (Fsp3) is 0.588. The molecule has 3 atom stereocenters. The van der Waals surface area contributed by atoms with Gasteiger partial charge >= 0.3 is 0 Å². The maximum Gasteiger partial charge on any atom is 0.227 e. The number of carbonyl (C=O) groups is 1. The molecule has 3 rings (SSSR count). The molecule has 1 aromatic rings. The summed E-state index contributed by atoms with van der Waals surface area (Å²) in [7, 11) is 0. The van der Waals surface area contributed by atoms with Crippen molar-refractivity contribution in [3.63, 3.8) is 0 Å². The lowest BCUT2D eigenvalue weighted by Gasteiger charge is -2.38. The third-order valence-corrected chi connectivity index (χ3v) is 6.02. The van der Waals surface area contributed by atoms with E-state index in [1.165, 1.54) is 32.1 Å². The van der Waals surface area contributed by atoms with Crippen molar-refractivity contribution in [1.29, 1.82) is 0 Å². The third-order valence-electron chi connectivity index (χ3n) is 5.10. The van der Waals surface area contributed by atoms with Crippen LogP contribution in [0.2, 0.25) is 5.02 Å². The van der Waals surface area contributed by atoms with Crippen molar-refractivity contribution >= 4 is 39.1 Å². The molecular formula is C17H21BrClNO. The van der Waals surface area contributed by atoms with E-state index in [2.05, 4.69) is 21.2 Å². The molecule has 114 valence electrons. The molecule has 2 fully saturated rings. The topological polar surface area (TPSA) is 29.1 Å². The normalized spacial score (nSPS) is 28.8. The van der Waals surface area contributed by atoms with Gasteiger partial charge in [0, 0.05) is 15.4 Å². The summed E-state index contributed by atoms with van der Waals surface area (Å²) in [6.45, 7) is 0. The van der Waals surface area contributed by atoms with Crippen LogP contribution in [0.3, 0.4) is 0 Å². The van der Waals surface area contributed by atoms with Crippen LogP contribution in [-0.4, -0.2) is 5.91 Å². The highest BCUT2D eigenvalue weighted by Crippen LogP contribution is 2.43. The first-order chi connectivity index (χ1) is 10.1. The molecule has 2 saturated carbocycles. The summed E-state index contributed by atoms with van der Waals surface area (Å²) in [4.78, 5) is 12.5. The second kappa shape index (κ2) is 6.70.